The van der Waals surface area contributed by atoms with Gasteiger partial charge in [-0.2, -0.15) is 0 Å². The number of rotatable bonds is 3. The maximum absolute atomic E-state index is 12.5. The molecule has 0 saturated carbocycles. The van der Waals surface area contributed by atoms with Crippen LogP contribution in [0.15, 0.2) is 28.9 Å². The van der Waals surface area contributed by atoms with E-state index in [1.54, 1.807) is 39.2 Å². The van der Waals surface area contributed by atoms with Gasteiger partial charge < -0.3 is 14.3 Å². The first kappa shape index (κ1) is 20.1. The highest BCUT2D eigenvalue weighted by Crippen LogP contribution is 2.34. The van der Waals surface area contributed by atoms with Crippen LogP contribution in [-0.4, -0.2) is 63.2 Å². The van der Waals surface area contributed by atoms with Gasteiger partial charge >= 0.3 is 12.1 Å². The zero-order chi connectivity index (χ0) is 20.7. The summed E-state index contributed by atoms with van der Waals surface area (Å²) in [4.78, 5) is 31.8. The quantitative estimate of drug-likeness (QED) is 0.862. The molecule has 1 atom stereocenters. The fourth-order valence-electron chi connectivity index (χ4n) is 3.38. The lowest BCUT2D eigenvalue weighted by Gasteiger charge is -2.45. The number of carbonyl (C=O) groups is 2. The first-order chi connectivity index (χ1) is 13.0. The lowest BCUT2D eigenvalue weighted by Crippen LogP contribution is -2.62. The van der Waals surface area contributed by atoms with Crippen LogP contribution in [0.2, 0.25) is 0 Å². The van der Waals surface area contributed by atoms with E-state index in [1.807, 2.05) is 24.8 Å². The SMILES string of the molecule is CC(C)(C)OC(=O)N1CCN(C(C)(C)c2cc3cnccc3o2)C[C@H]1C(=O)O. The third kappa shape index (κ3) is 3.96. The summed E-state index contributed by atoms with van der Waals surface area (Å²) >= 11 is 0. The summed E-state index contributed by atoms with van der Waals surface area (Å²) in [6, 6.07) is 2.74. The van der Waals surface area contributed by atoms with Crippen molar-refractivity contribution >= 4 is 23.0 Å². The van der Waals surface area contributed by atoms with Gasteiger partial charge in [-0.1, -0.05) is 0 Å². The molecule has 3 rings (SSSR count). The molecule has 152 valence electrons. The van der Waals surface area contributed by atoms with Crippen LogP contribution in [0.3, 0.4) is 0 Å². The highest BCUT2D eigenvalue weighted by molar-refractivity contribution is 5.81. The lowest BCUT2D eigenvalue weighted by molar-refractivity contribution is -0.147. The number of aromatic nitrogens is 1. The van der Waals surface area contributed by atoms with E-state index < -0.39 is 29.2 Å². The molecule has 2 aromatic heterocycles. The summed E-state index contributed by atoms with van der Waals surface area (Å²) in [5.74, 6) is -0.328. The van der Waals surface area contributed by atoms with Crippen LogP contribution in [0.4, 0.5) is 4.79 Å². The Labute approximate surface area is 164 Å². The average Bonchev–Trinajstić information content (AvgIpc) is 3.04. The zero-order valence-corrected chi connectivity index (χ0v) is 16.9. The summed E-state index contributed by atoms with van der Waals surface area (Å²) in [7, 11) is 0. The van der Waals surface area contributed by atoms with E-state index in [2.05, 4.69) is 4.98 Å². The number of piperazine rings is 1. The van der Waals surface area contributed by atoms with Crippen molar-refractivity contribution in [2.24, 2.45) is 0 Å². The van der Waals surface area contributed by atoms with Crippen LogP contribution in [0.1, 0.15) is 40.4 Å². The second-order valence-corrected chi connectivity index (χ2v) is 8.56. The van der Waals surface area contributed by atoms with Crippen LogP contribution in [-0.2, 0) is 15.1 Å². The van der Waals surface area contributed by atoms with E-state index in [0.717, 1.165) is 16.7 Å². The van der Waals surface area contributed by atoms with Crippen molar-refractivity contribution in [3.8, 4) is 0 Å². The van der Waals surface area contributed by atoms with Gasteiger partial charge in [0.05, 0.1) is 5.54 Å². The van der Waals surface area contributed by atoms with E-state index >= 15 is 0 Å². The second-order valence-electron chi connectivity index (χ2n) is 8.56. The molecule has 0 aromatic carbocycles. The van der Waals surface area contributed by atoms with Crippen molar-refractivity contribution in [1.29, 1.82) is 0 Å². The Morgan fingerprint density at radius 2 is 1.96 bits per heavy atom. The highest BCUT2D eigenvalue weighted by atomic mass is 16.6. The Bertz CT molecular complexity index is 850. The predicted molar refractivity (Wildman–Crippen MR) is 103 cm³/mol. The number of carboxylic acids is 1. The number of hydrogen-bond donors (Lipinski definition) is 1. The molecule has 0 unspecified atom stereocenters. The van der Waals surface area contributed by atoms with Gasteiger partial charge in [0, 0.05) is 37.4 Å². The first-order valence-electron chi connectivity index (χ1n) is 9.30. The number of carbonyl (C=O) groups excluding carboxylic acids is 1. The molecule has 0 aliphatic carbocycles. The van der Waals surface area contributed by atoms with Crippen LogP contribution >= 0.6 is 0 Å². The van der Waals surface area contributed by atoms with E-state index in [1.165, 1.54) is 4.90 Å². The molecule has 2 aromatic rings. The number of aliphatic carboxylic acids is 1. The lowest BCUT2D eigenvalue weighted by atomic mass is 9.96. The summed E-state index contributed by atoms with van der Waals surface area (Å²) in [6.45, 7) is 10.2. The molecule has 28 heavy (non-hydrogen) atoms. The molecule has 1 aliphatic rings. The summed E-state index contributed by atoms with van der Waals surface area (Å²) in [5.41, 5.74) is -0.494. The van der Waals surface area contributed by atoms with Crippen molar-refractivity contribution in [2.75, 3.05) is 19.6 Å². The standard InChI is InChI=1S/C20H27N3O5/c1-19(2,3)28-18(26)23-9-8-22(12-14(23)17(24)25)20(4,5)16-10-13-11-21-7-6-15(13)27-16/h6-7,10-11,14H,8-9,12H2,1-5H3,(H,24,25)/t14-/m0/s1. The van der Waals surface area contributed by atoms with Crippen LogP contribution in [0, 0.1) is 0 Å². The number of fused-ring (bicyclic) bond motifs is 1. The number of furan rings is 1. The van der Waals surface area contributed by atoms with Crippen molar-refractivity contribution in [2.45, 2.75) is 51.8 Å². The molecule has 1 saturated heterocycles. The molecule has 0 spiro atoms. The third-order valence-electron chi connectivity index (χ3n) is 5.00. The van der Waals surface area contributed by atoms with Gasteiger partial charge in [-0.05, 0) is 46.8 Å². The molecule has 1 fully saturated rings. The van der Waals surface area contributed by atoms with Crippen LogP contribution in [0.5, 0.6) is 0 Å². The van der Waals surface area contributed by atoms with Crippen molar-refractivity contribution in [3.63, 3.8) is 0 Å². The number of carboxylic acid groups (broad SMARTS) is 1. The second kappa shape index (κ2) is 7.09. The van der Waals surface area contributed by atoms with Gasteiger partial charge in [-0.25, -0.2) is 9.59 Å². The zero-order valence-electron chi connectivity index (χ0n) is 16.9. The monoisotopic (exact) mass is 389 g/mol. The highest BCUT2D eigenvalue weighted by Gasteiger charge is 2.43. The van der Waals surface area contributed by atoms with Gasteiger partial charge in [0.25, 0.3) is 0 Å². The van der Waals surface area contributed by atoms with Gasteiger partial charge in [-0.3, -0.25) is 14.8 Å². The minimum absolute atomic E-state index is 0.177. The van der Waals surface area contributed by atoms with E-state index in [0.29, 0.717) is 6.54 Å². The van der Waals surface area contributed by atoms with Gasteiger partial charge in [0.1, 0.15) is 23.0 Å². The predicted octanol–water partition coefficient (Wildman–Crippen LogP) is 3.07. The molecule has 0 radical (unpaired) electrons. The van der Waals surface area contributed by atoms with Crippen LogP contribution in [0.25, 0.3) is 11.0 Å². The van der Waals surface area contributed by atoms with E-state index in [-0.39, 0.29) is 13.1 Å². The summed E-state index contributed by atoms with van der Waals surface area (Å²) in [6.07, 6.45) is 2.80. The maximum atomic E-state index is 12.5. The third-order valence-corrected chi connectivity index (χ3v) is 5.00. The first-order valence-corrected chi connectivity index (χ1v) is 9.30. The number of hydrogen-bond acceptors (Lipinski definition) is 6. The molecule has 3 heterocycles. The van der Waals surface area contributed by atoms with Crippen molar-refractivity contribution < 1.29 is 23.8 Å². The fourth-order valence-corrected chi connectivity index (χ4v) is 3.38. The Hall–Kier alpha value is -2.61. The fraction of sp³-hybridized carbons (Fsp3) is 0.550. The molecule has 8 nitrogen and oxygen atoms in total. The summed E-state index contributed by atoms with van der Waals surface area (Å²) < 4.78 is 11.4. The van der Waals surface area contributed by atoms with Gasteiger partial charge in [-0.15, -0.1) is 0 Å². The number of nitrogens with zero attached hydrogens (tertiary/aromatic N) is 3. The number of pyridine rings is 1. The molecular formula is C20H27N3O5. The Balaban J connectivity index is 1.82. The smallest absolute Gasteiger partial charge is 0.411 e. The summed E-state index contributed by atoms with van der Waals surface area (Å²) in [5, 5.41) is 10.6. The largest absolute Gasteiger partial charge is 0.480 e. The van der Waals surface area contributed by atoms with Crippen molar-refractivity contribution in [3.05, 3.63) is 30.3 Å². The topological polar surface area (TPSA) is 96.1 Å². The van der Waals surface area contributed by atoms with Gasteiger partial charge in [0.15, 0.2) is 0 Å². The minimum atomic E-state index is -1.06. The number of amides is 1. The van der Waals surface area contributed by atoms with E-state index in [4.69, 9.17) is 9.15 Å². The van der Waals surface area contributed by atoms with E-state index in [9.17, 15) is 14.7 Å². The minimum Gasteiger partial charge on any atom is -0.480 e. The molecule has 1 N–H and O–H groups in total. The van der Waals surface area contributed by atoms with Gasteiger partial charge in [0.2, 0.25) is 0 Å². The number of ether oxygens (including phenoxy) is 1. The van der Waals surface area contributed by atoms with Crippen molar-refractivity contribution in [1.82, 2.24) is 14.8 Å². The molecular weight excluding hydrogens is 362 g/mol. The Kier molecular flexibility index (Phi) is 5.10. The molecule has 8 heteroatoms. The maximum Gasteiger partial charge on any atom is 0.411 e. The average molecular weight is 389 g/mol. The Morgan fingerprint density at radius 3 is 2.57 bits per heavy atom. The molecule has 1 aliphatic heterocycles. The Morgan fingerprint density at radius 1 is 1.25 bits per heavy atom. The van der Waals surface area contributed by atoms with Crippen LogP contribution < -0.4 is 0 Å². The molecule has 0 bridgehead atoms. The normalized spacial score (nSPS) is 19.0. The molecule has 1 amide bonds.